The van der Waals surface area contributed by atoms with Gasteiger partial charge in [0.05, 0.1) is 5.30 Å². The Labute approximate surface area is 90.1 Å². The van der Waals surface area contributed by atoms with Crippen molar-refractivity contribution in [3.05, 3.63) is 29.3 Å². The molecule has 0 saturated carbocycles. The first-order valence-electron chi connectivity index (χ1n) is 3.54. The van der Waals surface area contributed by atoms with E-state index in [0.717, 1.165) is 11.1 Å². The minimum absolute atomic E-state index is 0. The molecule has 2 N–H and O–H groups in total. The van der Waals surface area contributed by atoms with Crippen LogP contribution in [-0.4, -0.2) is 9.79 Å². The molecule has 0 heterocycles. The van der Waals surface area contributed by atoms with Gasteiger partial charge < -0.3 is 9.79 Å². The van der Waals surface area contributed by atoms with Crippen molar-refractivity contribution in [2.75, 3.05) is 0 Å². The van der Waals surface area contributed by atoms with E-state index in [4.69, 9.17) is 9.79 Å². The smallest absolute Gasteiger partial charge is 0.321 e. The summed E-state index contributed by atoms with van der Waals surface area (Å²) in [4.78, 5) is 17.6. The van der Waals surface area contributed by atoms with Gasteiger partial charge in [0, 0.05) is 19.5 Å². The van der Waals surface area contributed by atoms with Crippen molar-refractivity contribution in [1.29, 1.82) is 0 Å². The van der Waals surface area contributed by atoms with Crippen LogP contribution in [0, 0.1) is 13.8 Å². The van der Waals surface area contributed by atoms with E-state index in [1.54, 1.807) is 6.07 Å². The summed E-state index contributed by atoms with van der Waals surface area (Å²) in [5, 5.41) is 0.0885. The fourth-order valence-corrected chi connectivity index (χ4v) is 1.54. The predicted molar refractivity (Wildman–Crippen MR) is 47.6 cm³/mol. The molecule has 0 bridgehead atoms. The molecule has 0 fully saturated rings. The number of benzene rings is 1. The molecule has 3 nitrogen and oxygen atoms in total. The standard InChI is InChI=1S/C8H11O3P.Zn/c1-6-3-4-8(5-7(6)2)12(9,10)11;/h3-5H,1-2H3,(H2,9,10,11);. The van der Waals surface area contributed by atoms with Crippen molar-refractivity contribution < 1.29 is 33.8 Å². The Balaban J connectivity index is 0.00000144. The SMILES string of the molecule is Cc1ccc(P(=O)(O)O)cc1C.[Zn]. The van der Waals surface area contributed by atoms with E-state index in [-0.39, 0.29) is 24.8 Å². The van der Waals surface area contributed by atoms with E-state index in [1.807, 2.05) is 13.8 Å². The molecule has 13 heavy (non-hydrogen) atoms. The van der Waals surface area contributed by atoms with E-state index in [9.17, 15) is 4.57 Å². The summed E-state index contributed by atoms with van der Waals surface area (Å²) in [7, 11) is -4.06. The summed E-state index contributed by atoms with van der Waals surface area (Å²) in [6, 6.07) is 4.70. The van der Waals surface area contributed by atoms with Crippen LogP contribution in [0.3, 0.4) is 0 Å². The van der Waals surface area contributed by atoms with Crippen LogP contribution in [-0.2, 0) is 24.0 Å². The van der Waals surface area contributed by atoms with Gasteiger partial charge in [-0.15, -0.1) is 0 Å². The van der Waals surface area contributed by atoms with Gasteiger partial charge in [-0.3, -0.25) is 4.57 Å². The zero-order valence-corrected chi connectivity index (χ0v) is 11.6. The molecule has 0 aliphatic rings. The van der Waals surface area contributed by atoms with Gasteiger partial charge in [0.25, 0.3) is 0 Å². The largest absolute Gasteiger partial charge is 0.356 e. The third-order valence-electron chi connectivity index (χ3n) is 1.83. The number of rotatable bonds is 1. The van der Waals surface area contributed by atoms with Crippen LogP contribution >= 0.6 is 7.60 Å². The minimum atomic E-state index is -4.06. The first-order chi connectivity index (χ1) is 5.41. The van der Waals surface area contributed by atoms with Crippen molar-refractivity contribution >= 4 is 12.9 Å². The van der Waals surface area contributed by atoms with E-state index in [2.05, 4.69) is 0 Å². The molecule has 0 spiro atoms. The summed E-state index contributed by atoms with van der Waals surface area (Å²) in [6.07, 6.45) is 0. The van der Waals surface area contributed by atoms with Crippen molar-refractivity contribution in [3.63, 3.8) is 0 Å². The molecule has 68 valence electrons. The molecule has 0 radical (unpaired) electrons. The van der Waals surface area contributed by atoms with Crippen LogP contribution < -0.4 is 5.30 Å². The average molecular weight is 252 g/mol. The van der Waals surface area contributed by atoms with Gasteiger partial charge in [-0.2, -0.15) is 0 Å². The molecule has 0 aromatic heterocycles. The number of aryl methyl sites for hydroxylation is 2. The van der Waals surface area contributed by atoms with E-state index in [0.29, 0.717) is 0 Å². The maximum Gasteiger partial charge on any atom is 0.356 e. The Hall–Kier alpha value is -0.00662. The zero-order valence-electron chi connectivity index (χ0n) is 7.69. The Bertz CT molecular complexity index is 345. The van der Waals surface area contributed by atoms with Gasteiger partial charge >= 0.3 is 7.60 Å². The first kappa shape index (κ1) is 13.0. The van der Waals surface area contributed by atoms with E-state index in [1.165, 1.54) is 12.1 Å². The molecule has 0 aliphatic carbocycles. The van der Waals surface area contributed by atoms with Gasteiger partial charge in [0.1, 0.15) is 0 Å². The van der Waals surface area contributed by atoms with Crippen LogP contribution in [0.1, 0.15) is 11.1 Å². The Morgan fingerprint density at radius 3 is 2.08 bits per heavy atom. The molecular formula is C8H11O3PZn. The number of hydrogen-bond donors (Lipinski definition) is 2. The molecule has 0 saturated heterocycles. The summed E-state index contributed by atoms with van der Waals surface area (Å²) in [6.45, 7) is 3.73. The number of hydrogen-bond acceptors (Lipinski definition) is 1. The third-order valence-corrected chi connectivity index (χ3v) is 2.78. The molecule has 1 rings (SSSR count). The molecule has 0 unspecified atom stereocenters. The predicted octanol–water partition coefficient (Wildman–Crippen LogP) is 1.10. The van der Waals surface area contributed by atoms with Gasteiger partial charge in [0.15, 0.2) is 0 Å². The maximum atomic E-state index is 10.8. The second-order valence-electron chi connectivity index (χ2n) is 2.81. The fourth-order valence-electron chi connectivity index (χ4n) is 0.907. The van der Waals surface area contributed by atoms with Crippen molar-refractivity contribution in [2.45, 2.75) is 13.8 Å². The zero-order chi connectivity index (χ0) is 9.35. The molecule has 0 amide bonds. The van der Waals surface area contributed by atoms with Gasteiger partial charge in [-0.25, -0.2) is 0 Å². The minimum Gasteiger partial charge on any atom is -0.321 e. The van der Waals surface area contributed by atoms with Crippen molar-refractivity contribution in [3.8, 4) is 0 Å². The topological polar surface area (TPSA) is 57.5 Å². The first-order valence-corrected chi connectivity index (χ1v) is 5.16. The summed E-state index contributed by atoms with van der Waals surface area (Å²) >= 11 is 0. The molecule has 5 heteroatoms. The van der Waals surface area contributed by atoms with Crippen molar-refractivity contribution in [1.82, 2.24) is 0 Å². The molecule has 1 aromatic carbocycles. The van der Waals surface area contributed by atoms with E-state index < -0.39 is 7.60 Å². The second-order valence-corrected chi connectivity index (χ2v) is 4.42. The molecule has 0 aliphatic heterocycles. The van der Waals surface area contributed by atoms with E-state index >= 15 is 0 Å². The monoisotopic (exact) mass is 250 g/mol. The Kier molecular flexibility index (Phi) is 4.47. The average Bonchev–Trinajstić information content (AvgIpc) is 1.92. The van der Waals surface area contributed by atoms with Crippen LogP contribution in [0.2, 0.25) is 0 Å². The second kappa shape index (κ2) is 4.48. The van der Waals surface area contributed by atoms with Gasteiger partial charge in [-0.1, -0.05) is 6.07 Å². The van der Waals surface area contributed by atoms with Crippen molar-refractivity contribution in [2.24, 2.45) is 0 Å². The fraction of sp³-hybridized carbons (Fsp3) is 0.250. The molecular weight excluding hydrogens is 240 g/mol. The van der Waals surface area contributed by atoms with Crippen LogP contribution in [0.15, 0.2) is 18.2 Å². The molecule has 0 atom stereocenters. The Morgan fingerprint density at radius 1 is 1.15 bits per heavy atom. The van der Waals surface area contributed by atoms with Crippen LogP contribution in [0.5, 0.6) is 0 Å². The van der Waals surface area contributed by atoms with Gasteiger partial charge in [-0.05, 0) is 37.1 Å². The normalized spacial score (nSPS) is 10.8. The van der Waals surface area contributed by atoms with Crippen LogP contribution in [0.4, 0.5) is 0 Å². The maximum absolute atomic E-state index is 10.8. The quantitative estimate of drug-likeness (QED) is 0.581. The van der Waals surface area contributed by atoms with Crippen LogP contribution in [0.25, 0.3) is 0 Å². The van der Waals surface area contributed by atoms with Gasteiger partial charge in [0.2, 0.25) is 0 Å². The molecule has 1 aromatic rings. The summed E-state index contributed by atoms with van der Waals surface area (Å²) < 4.78 is 10.8. The summed E-state index contributed by atoms with van der Waals surface area (Å²) in [5.41, 5.74) is 1.93. The third kappa shape index (κ3) is 3.32. The Morgan fingerprint density at radius 2 is 1.69 bits per heavy atom. The summed E-state index contributed by atoms with van der Waals surface area (Å²) in [5.74, 6) is 0.